The van der Waals surface area contributed by atoms with Gasteiger partial charge in [0.15, 0.2) is 0 Å². The van der Waals surface area contributed by atoms with Gasteiger partial charge >= 0.3 is 0 Å². The van der Waals surface area contributed by atoms with E-state index in [1.807, 2.05) is 35.6 Å². The highest BCUT2D eigenvalue weighted by atomic mass is 16.3. The third kappa shape index (κ3) is 4.22. The maximum Gasteiger partial charge on any atom is 0.227 e. The lowest BCUT2D eigenvalue weighted by Crippen LogP contribution is -2.40. The van der Waals surface area contributed by atoms with Crippen molar-refractivity contribution in [3.63, 3.8) is 0 Å². The number of aromatic hydroxyl groups is 1. The number of hydrogen-bond donors (Lipinski definition) is 1. The fourth-order valence-corrected chi connectivity index (χ4v) is 3.87. The van der Waals surface area contributed by atoms with E-state index in [0.29, 0.717) is 13.0 Å². The van der Waals surface area contributed by atoms with E-state index in [-0.39, 0.29) is 17.6 Å². The van der Waals surface area contributed by atoms with Gasteiger partial charge in [-0.05, 0) is 42.2 Å². The summed E-state index contributed by atoms with van der Waals surface area (Å²) in [6.07, 6.45) is 9.78. The Balaban J connectivity index is 1.44. The Morgan fingerprint density at radius 1 is 1.18 bits per heavy atom. The number of piperidine rings is 1. The molecule has 0 radical (unpaired) electrons. The van der Waals surface area contributed by atoms with Crippen molar-refractivity contribution in [2.24, 2.45) is 0 Å². The zero-order valence-corrected chi connectivity index (χ0v) is 15.7. The first-order valence-electron chi connectivity index (χ1n) is 9.64. The topological polar surface area (TPSA) is 71.2 Å². The molecule has 28 heavy (non-hydrogen) atoms. The van der Waals surface area contributed by atoms with E-state index in [9.17, 15) is 9.90 Å². The van der Waals surface area contributed by atoms with Crippen molar-refractivity contribution in [3.05, 3.63) is 78.1 Å². The number of rotatable bonds is 5. The minimum absolute atomic E-state index is 0.0978. The smallest absolute Gasteiger partial charge is 0.227 e. The Morgan fingerprint density at radius 2 is 2.07 bits per heavy atom. The summed E-state index contributed by atoms with van der Waals surface area (Å²) in [4.78, 5) is 23.5. The summed E-state index contributed by atoms with van der Waals surface area (Å²) >= 11 is 0. The van der Waals surface area contributed by atoms with Gasteiger partial charge in [0.1, 0.15) is 11.6 Å². The number of carbonyl (C=O) groups excluding carboxylic acids is 1. The Hall–Kier alpha value is -3.15. The van der Waals surface area contributed by atoms with Gasteiger partial charge in [-0.3, -0.25) is 9.78 Å². The number of imidazole rings is 1. The molecule has 0 bridgehead atoms. The van der Waals surface area contributed by atoms with Crippen LogP contribution in [0.4, 0.5) is 0 Å². The molecule has 1 fully saturated rings. The third-order valence-electron chi connectivity index (χ3n) is 5.23. The number of pyridine rings is 1. The molecule has 144 valence electrons. The van der Waals surface area contributed by atoms with Crippen molar-refractivity contribution in [1.29, 1.82) is 0 Å². The first-order chi connectivity index (χ1) is 13.7. The number of hydrogen-bond acceptors (Lipinski definition) is 4. The molecule has 4 rings (SSSR count). The molecule has 0 aliphatic carbocycles. The van der Waals surface area contributed by atoms with E-state index >= 15 is 0 Å². The lowest BCUT2D eigenvalue weighted by Gasteiger charge is -2.33. The number of phenolic OH excluding ortho intramolecular Hbond substituents is 1. The van der Waals surface area contributed by atoms with Gasteiger partial charge in [0.25, 0.3) is 0 Å². The fourth-order valence-electron chi connectivity index (χ4n) is 3.87. The first-order valence-corrected chi connectivity index (χ1v) is 9.64. The molecule has 1 saturated heterocycles. The zero-order valence-electron chi connectivity index (χ0n) is 15.7. The van der Waals surface area contributed by atoms with Crippen LogP contribution in [0.5, 0.6) is 5.75 Å². The largest absolute Gasteiger partial charge is 0.508 e. The standard InChI is InChI=1S/C22H24N4O2/c27-20-7-1-4-17(12-20)13-21(28)25-10-3-6-19(16-25)22-24-9-11-26(22)15-18-5-2-8-23-14-18/h1-2,4-5,7-9,11-12,14,19,27H,3,6,10,13,15-16H2/t19-/m0/s1. The maximum atomic E-state index is 12.8. The average Bonchev–Trinajstić information content (AvgIpc) is 3.17. The van der Waals surface area contributed by atoms with Crippen LogP contribution in [0.2, 0.25) is 0 Å². The van der Waals surface area contributed by atoms with Crippen molar-refractivity contribution in [2.45, 2.75) is 31.7 Å². The number of aromatic nitrogens is 3. The van der Waals surface area contributed by atoms with Crippen LogP contribution in [0.1, 0.15) is 35.7 Å². The van der Waals surface area contributed by atoms with E-state index in [1.54, 1.807) is 24.4 Å². The lowest BCUT2D eigenvalue weighted by atomic mass is 9.96. The van der Waals surface area contributed by atoms with Gasteiger partial charge in [0, 0.05) is 43.8 Å². The zero-order chi connectivity index (χ0) is 19.3. The molecule has 1 atom stereocenters. The van der Waals surface area contributed by atoms with Gasteiger partial charge in [-0.2, -0.15) is 0 Å². The summed E-state index contributed by atoms with van der Waals surface area (Å²) in [5.74, 6) is 1.55. The molecule has 1 aliphatic rings. The second-order valence-corrected chi connectivity index (χ2v) is 7.30. The number of amides is 1. The van der Waals surface area contributed by atoms with E-state index in [1.165, 1.54) is 0 Å². The van der Waals surface area contributed by atoms with E-state index in [0.717, 1.165) is 42.9 Å². The van der Waals surface area contributed by atoms with Gasteiger partial charge in [-0.15, -0.1) is 0 Å². The van der Waals surface area contributed by atoms with Crippen molar-refractivity contribution < 1.29 is 9.90 Å². The van der Waals surface area contributed by atoms with Crippen LogP contribution in [0.15, 0.2) is 61.2 Å². The number of benzene rings is 1. The van der Waals surface area contributed by atoms with Gasteiger partial charge in [-0.1, -0.05) is 18.2 Å². The van der Waals surface area contributed by atoms with Crippen LogP contribution in [-0.4, -0.2) is 43.5 Å². The summed E-state index contributed by atoms with van der Waals surface area (Å²) in [6, 6.07) is 10.9. The minimum Gasteiger partial charge on any atom is -0.508 e. The molecule has 1 aliphatic heterocycles. The minimum atomic E-state index is 0.0978. The number of nitrogens with zero attached hydrogens (tertiary/aromatic N) is 4. The second-order valence-electron chi connectivity index (χ2n) is 7.30. The predicted molar refractivity (Wildman–Crippen MR) is 106 cm³/mol. The summed E-state index contributed by atoms with van der Waals surface area (Å²) in [6.45, 7) is 2.19. The van der Waals surface area contributed by atoms with Crippen LogP contribution >= 0.6 is 0 Å². The van der Waals surface area contributed by atoms with Crippen LogP contribution in [0, 0.1) is 0 Å². The van der Waals surface area contributed by atoms with E-state index in [2.05, 4.69) is 20.6 Å². The average molecular weight is 376 g/mol. The van der Waals surface area contributed by atoms with Gasteiger partial charge in [-0.25, -0.2) is 4.98 Å². The second kappa shape index (κ2) is 8.25. The van der Waals surface area contributed by atoms with Gasteiger partial charge < -0.3 is 14.6 Å². The van der Waals surface area contributed by atoms with E-state index < -0.39 is 0 Å². The number of phenols is 1. The molecule has 1 aromatic carbocycles. The Morgan fingerprint density at radius 3 is 2.89 bits per heavy atom. The molecular formula is C22H24N4O2. The molecule has 0 spiro atoms. The van der Waals surface area contributed by atoms with E-state index in [4.69, 9.17) is 0 Å². The lowest BCUT2D eigenvalue weighted by molar-refractivity contribution is -0.131. The van der Waals surface area contributed by atoms with Crippen LogP contribution < -0.4 is 0 Å². The molecule has 0 unspecified atom stereocenters. The van der Waals surface area contributed by atoms with Crippen molar-refractivity contribution in [1.82, 2.24) is 19.4 Å². The first kappa shape index (κ1) is 18.2. The molecule has 2 aromatic heterocycles. The van der Waals surface area contributed by atoms with Crippen molar-refractivity contribution in [2.75, 3.05) is 13.1 Å². The summed E-state index contributed by atoms with van der Waals surface area (Å²) in [5, 5.41) is 9.61. The molecule has 3 heterocycles. The van der Waals surface area contributed by atoms with Gasteiger partial charge in [0.05, 0.1) is 13.0 Å². The summed E-state index contributed by atoms with van der Waals surface area (Å²) < 4.78 is 2.16. The van der Waals surface area contributed by atoms with Crippen LogP contribution in [-0.2, 0) is 17.8 Å². The Kier molecular flexibility index (Phi) is 5.37. The molecule has 6 nitrogen and oxygen atoms in total. The SMILES string of the molecule is O=C(Cc1cccc(O)c1)N1CCC[C@H](c2nccn2Cc2cccnc2)C1. The third-order valence-corrected chi connectivity index (χ3v) is 5.23. The molecule has 1 N–H and O–H groups in total. The van der Waals surface area contributed by atoms with Crippen molar-refractivity contribution >= 4 is 5.91 Å². The van der Waals surface area contributed by atoms with Gasteiger partial charge in [0.2, 0.25) is 5.91 Å². The predicted octanol–water partition coefficient (Wildman–Crippen LogP) is 2.98. The Labute approximate surface area is 164 Å². The molecule has 3 aromatic rings. The number of likely N-dealkylation sites (tertiary alicyclic amines) is 1. The molecule has 0 saturated carbocycles. The molecular weight excluding hydrogens is 352 g/mol. The quantitative estimate of drug-likeness (QED) is 0.743. The summed E-state index contributed by atoms with van der Waals surface area (Å²) in [5.41, 5.74) is 1.97. The highest BCUT2D eigenvalue weighted by Gasteiger charge is 2.27. The highest BCUT2D eigenvalue weighted by molar-refractivity contribution is 5.79. The fraction of sp³-hybridized carbons (Fsp3) is 0.318. The Bertz CT molecular complexity index is 938. The monoisotopic (exact) mass is 376 g/mol. The molecule has 1 amide bonds. The maximum absolute atomic E-state index is 12.8. The van der Waals surface area contributed by atoms with Crippen molar-refractivity contribution in [3.8, 4) is 5.75 Å². The number of carbonyl (C=O) groups is 1. The van der Waals surface area contributed by atoms with Crippen LogP contribution in [0.25, 0.3) is 0 Å². The molecule has 6 heteroatoms. The normalized spacial score (nSPS) is 16.9. The highest BCUT2D eigenvalue weighted by Crippen LogP contribution is 2.27. The van der Waals surface area contributed by atoms with Crippen LogP contribution in [0.3, 0.4) is 0 Å². The summed E-state index contributed by atoms with van der Waals surface area (Å²) in [7, 11) is 0.